The van der Waals surface area contributed by atoms with Crippen LogP contribution < -0.4 is 5.32 Å². The Hall–Kier alpha value is -0.630. The molecule has 19 heavy (non-hydrogen) atoms. The summed E-state index contributed by atoms with van der Waals surface area (Å²) >= 11 is 0. The summed E-state index contributed by atoms with van der Waals surface area (Å²) in [5, 5.41) is 13.2. The number of hydrogen-bond acceptors (Lipinski definition) is 4. The van der Waals surface area contributed by atoms with E-state index in [0.29, 0.717) is 24.2 Å². The zero-order valence-electron chi connectivity index (χ0n) is 12.1. The molecule has 1 heterocycles. The lowest BCUT2D eigenvalue weighted by atomic mass is 9.98. The maximum absolute atomic E-state index is 9.57. The fourth-order valence-corrected chi connectivity index (χ4v) is 3.62. The fraction of sp³-hybridized carbons (Fsp3) is 0.933. The Morgan fingerprint density at radius 2 is 2.11 bits per heavy atom. The molecule has 2 aliphatic carbocycles. The number of nitrogens with zero attached hydrogens (tertiary/aromatic N) is 2. The predicted octanol–water partition coefficient (Wildman–Crippen LogP) is 1.66. The van der Waals surface area contributed by atoms with E-state index in [0.717, 1.165) is 32.4 Å². The average Bonchev–Trinajstić information content (AvgIpc) is 3.11. The van der Waals surface area contributed by atoms with Gasteiger partial charge in [-0.2, -0.15) is 5.26 Å². The van der Waals surface area contributed by atoms with Crippen LogP contribution in [0.2, 0.25) is 0 Å². The first-order valence-corrected chi connectivity index (χ1v) is 7.68. The Bertz CT molecular complexity index is 376. The molecule has 0 radical (unpaired) electrons. The molecular formula is C15H25N3O. The average molecular weight is 263 g/mol. The van der Waals surface area contributed by atoms with E-state index >= 15 is 0 Å². The van der Waals surface area contributed by atoms with Crippen LogP contribution in [0.1, 0.15) is 46.0 Å². The third kappa shape index (κ3) is 2.79. The summed E-state index contributed by atoms with van der Waals surface area (Å²) in [6, 6.07) is 4.22. The highest BCUT2D eigenvalue weighted by Crippen LogP contribution is 2.37. The second kappa shape index (κ2) is 5.05. The van der Waals surface area contributed by atoms with E-state index < -0.39 is 0 Å². The van der Waals surface area contributed by atoms with Crippen molar-refractivity contribution < 1.29 is 4.74 Å². The van der Waals surface area contributed by atoms with Crippen LogP contribution in [0.3, 0.4) is 0 Å². The zero-order chi connectivity index (χ0) is 13.5. The van der Waals surface area contributed by atoms with Crippen molar-refractivity contribution in [1.82, 2.24) is 10.2 Å². The molecule has 0 aromatic carbocycles. The largest absolute Gasteiger partial charge is 0.376 e. The van der Waals surface area contributed by atoms with Crippen molar-refractivity contribution in [3.8, 4) is 6.07 Å². The third-order valence-corrected chi connectivity index (χ3v) is 4.89. The van der Waals surface area contributed by atoms with Crippen LogP contribution >= 0.6 is 0 Å². The van der Waals surface area contributed by atoms with Gasteiger partial charge in [0.2, 0.25) is 0 Å². The van der Waals surface area contributed by atoms with Gasteiger partial charge in [-0.15, -0.1) is 0 Å². The van der Waals surface area contributed by atoms with Gasteiger partial charge in [0.15, 0.2) is 0 Å². The lowest BCUT2D eigenvalue weighted by Gasteiger charge is -2.41. The minimum atomic E-state index is -0.257. The smallest absolute Gasteiger partial charge is 0.108 e. The Balaban J connectivity index is 1.65. The molecule has 0 aromatic heterocycles. The fourth-order valence-electron chi connectivity index (χ4n) is 3.62. The Morgan fingerprint density at radius 1 is 1.32 bits per heavy atom. The zero-order valence-corrected chi connectivity index (χ0v) is 12.1. The van der Waals surface area contributed by atoms with E-state index in [4.69, 9.17) is 4.74 Å². The summed E-state index contributed by atoms with van der Waals surface area (Å²) in [6.07, 6.45) is 5.95. The number of nitriles is 1. The standard InChI is InChI=1S/C15H25N3O/c1-11-9-19-12(2)8-18(11)14-5-6-15(7-14,10-16)17-13-3-4-13/h11-14,17H,3-9H2,1-2H3. The summed E-state index contributed by atoms with van der Waals surface area (Å²) in [6.45, 7) is 6.23. The van der Waals surface area contributed by atoms with Crippen LogP contribution in [-0.4, -0.2) is 47.8 Å². The van der Waals surface area contributed by atoms with Crippen LogP contribution in [0.25, 0.3) is 0 Å². The molecule has 3 fully saturated rings. The van der Waals surface area contributed by atoms with Crippen molar-refractivity contribution in [2.75, 3.05) is 13.2 Å². The molecule has 0 spiro atoms. The quantitative estimate of drug-likeness (QED) is 0.841. The Morgan fingerprint density at radius 3 is 2.79 bits per heavy atom. The Kier molecular flexibility index (Phi) is 3.55. The van der Waals surface area contributed by atoms with Gasteiger partial charge < -0.3 is 4.74 Å². The minimum Gasteiger partial charge on any atom is -0.376 e. The number of nitrogens with one attached hydrogen (secondary N) is 1. The third-order valence-electron chi connectivity index (χ3n) is 4.89. The molecule has 2 saturated carbocycles. The van der Waals surface area contributed by atoms with Gasteiger partial charge in [-0.3, -0.25) is 10.2 Å². The van der Waals surface area contributed by atoms with Crippen LogP contribution in [0.4, 0.5) is 0 Å². The van der Waals surface area contributed by atoms with Crippen molar-refractivity contribution in [2.24, 2.45) is 0 Å². The second-order valence-corrected chi connectivity index (χ2v) is 6.70. The lowest BCUT2D eigenvalue weighted by molar-refractivity contribution is -0.0655. The Labute approximate surface area is 116 Å². The highest BCUT2D eigenvalue weighted by atomic mass is 16.5. The van der Waals surface area contributed by atoms with E-state index in [2.05, 4.69) is 30.1 Å². The van der Waals surface area contributed by atoms with Crippen molar-refractivity contribution in [3.63, 3.8) is 0 Å². The van der Waals surface area contributed by atoms with Gasteiger partial charge in [-0.05, 0) is 46.0 Å². The lowest BCUT2D eigenvalue weighted by Crippen LogP contribution is -2.52. The number of morpholine rings is 1. The molecular weight excluding hydrogens is 238 g/mol. The predicted molar refractivity (Wildman–Crippen MR) is 73.7 cm³/mol. The van der Waals surface area contributed by atoms with Crippen LogP contribution in [0.15, 0.2) is 0 Å². The van der Waals surface area contributed by atoms with Gasteiger partial charge in [0, 0.05) is 24.7 Å². The first-order chi connectivity index (χ1) is 9.12. The molecule has 4 heteroatoms. The van der Waals surface area contributed by atoms with Gasteiger partial charge in [0.25, 0.3) is 0 Å². The molecule has 0 amide bonds. The summed E-state index contributed by atoms with van der Waals surface area (Å²) in [7, 11) is 0. The van der Waals surface area contributed by atoms with Crippen molar-refractivity contribution >= 4 is 0 Å². The maximum Gasteiger partial charge on any atom is 0.108 e. The van der Waals surface area contributed by atoms with Gasteiger partial charge in [-0.25, -0.2) is 0 Å². The van der Waals surface area contributed by atoms with Crippen molar-refractivity contribution in [1.29, 1.82) is 5.26 Å². The molecule has 1 N–H and O–H groups in total. The van der Waals surface area contributed by atoms with Gasteiger partial charge in [0.05, 0.1) is 18.8 Å². The highest BCUT2D eigenvalue weighted by Gasteiger charge is 2.45. The van der Waals surface area contributed by atoms with E-state index in [1.807, 2.05) is 0 Å². The summed E-state index contributed by atoms with van der Waals surface area (Å²) in [5.74, 6) is 0. The molecule has 4 unspecified atom stereocenters. The number of ether oxygens (including phenoxy) is 1. The van der Waals surface area contributed by atoms with Crippen LogP contribution in [0, 0.1) is 11.3 Å². The van der Waals surface area contributed by atoms with E-state index in [9.17, 15) is 5.26 Å². The molecule has 4 nitrogen and oxygen atoms in total. The highest BCUT2D eigenvalue weighted by molar-refractivity contribution is 5.15. The molecule has 0 bridgehead atoms. The maximum atomic E-state index is 9.57. The van der Waals surface area contributed by atoms with Crippen LogP contribution in [0.5, 0.6) is 0 Å². The SMILES string of the molecule is CC1CN(C2CCC(C#N)(NC3CC3)C2)C(C)CO1. The van der Waals surface area contributed by atoms with E-state index in [1.54, 1.807) is 0 Å². The molecule has 1 aliphatic heterocycles. The second-order valence-electron chi connectivity index (χ2n) is 6.70. The van der Waals surface area contributed by atoms with Gasteiger partial charge >= 0.3 is 0 Å². The number of hydrogen-bond donors (Lipinski definition) is 1. The molecule has 106 valence electrons. The van der Waals surface area contributed by atoms with Crippen molar-refractivity contribution in [2.45, 2.75) is 75.7 Å². The molecule has 3 rings (SSSR count). The van der Waals surface area contributed by atoms with E-state index in [-0.39, 0.29) is 5.54 Å². The normalized spacial score (nSPS) is 44.2. The van der Waals surface area contributed by atoms with Crippen LogP contribution in [-0.2, 0) is 4.74 Å². The minimum absolute atomic E-state index is 0.257. The molecule has 1 saturated heterocycles. The first kappa shape index (κ1) is 13.4. The first-order valence-electron chi connectivity index (χ1n) is 7.68. The monoisotopic (exact) mass is 263 g/mol. The number of rotatable bonds is 3. The topological polar surface area (TPSA) is 48.3 Å². The summed E-state index contributed by atoms with van der Waals surface area (Å²) in [5.41, 5.74) is -0.257. The summed E-state index contributed by atoms with van der Waals surface area (Å²) in [4.78, 5) is 2.57. The molecule has 3 aliphatic rings. The van der Waals surface area contributed by atoms with E-state index in [1.165, 1.54) is 12.8 Å². The van der Waals surface area contributed by atoms with Gasteiger partial charge in [0.1, 0.15) is 5.54 Å². The van der Waals surface area contributed by atoms with Gasteiger partial charge in [-0.1, -0.05) is 0 Å². The molecule has 0 aromatic rings. The summed E-state index contributed by atoms with van der Waals surface area (Å²) < 4.78 is 5.71. The molecule has 4 atom stereocenters. The van der Waals surface area contributed by atoms with Crippen molar-refractivity contribution in [3.05, 3.63) is 0 Å².